The number of benzene rings is 1. The van der Waals surface area contributed by atoms with Crippen LogP contribution in [0.25, 0.3) is 5.65 Å². The van der Waals surface area contributed by atoms with Crippen molar-refractivity contribution in [3.63, 3.8) is 0 Å². The van der Waals surface area contributed by atoms with Crippen LogP contribution in [-0.4, -0.2) is 80.7 Å². The number of aryl methyl sites for hydroxylation is 4. The Morgan fingerprint density at radius 3 is 2.53 bits per heavy atom. The average Bonchev–Trinajstić information content (AvgIpc) is 3.45. The number of carbonyl (C=O) groups is 2. The molecule has 0 unspecified atom stereocenters. The maximum Gasteiger partial charge on any atom is 0.310 e. The molecule has 14 heteroatoms. The number of pyridine rings is 2. The van der Waals surface area contributed by atoms with E-state index in [9.17, 15) is 23.1 Å². The third-order valence-electron chi connectivity index (χ3n) is 11.4. The second-order valence-electron chi connectivity index (χ2n) is 15.5. The summed E-state index contributed by atoms with van der Waals surface area (Å²) in [6, 6.07) is 11.2. The van der Waals surface area contributed by atoms with Crippen molar-refractivity contribution in [1.82, 2.24) is 29.2 Å². The molecule has 1 atom stereocenters. The SMILES string of the molecule is Cc1ccc([C@@H](c2ccn3c(C)nnc3c2C)C(C)(C)C(=O)O)cc1CN1CC2(CCOCC2)Oc2nc(CCC(=O)NC3CCC3)ccc2S1(=O)=O. The van der Waals surface area contributed by atoms with E-state index in [1.807, 2.05) is 55.6 Å². The van der Waals surface area contributed by atoms with E-state index in [0.29, 0.717) is 43.8 Å². The Morgan fingerprint density at radius 1 is 1.08 bits per heavy atom. The third-order valence-corrected chi connectivity index (χ3v) is 13.2. The first-order valence-corrected chi connectivity index (χ1v) is 19.8. The molecule has 0 bridgehead atoms. The van der Waals surface area contributed by atoms with Crippen molar-refractivity contribution >= 4 is 27.5 Å². The minimum absolute atomic E-state index is 0.0187. The quantitative estimate of drug-likeness (QED) is 0.225. The highest BCUT2D eigenvalue weighted by Crippen LogP contribution is 2.44. The molecule has 3 aromatic heterocycles. The molecule has 1 saturated carbocycles. The first kappa shape index (κ1) is 36.9. The lowest BCUT2D eigenvalue weighted by Crippen LogP contribution is -2.50. The number of nitrogens with zero attached hydrogens (tertiary/aromatic N) is 5. The van der Waals surface area contributed by atoms with Crippen LogP contribution in [-0.2, 0) is 37.3 Å². The Labute approximate surface area is 310 Å². The molecule has 3 aliphatic rings. The fraction of sp³-hybridized carbons (Fsp3) is 0.513. The summed E-state index contributed by atoms with van der Waals surface area (Å²) in [5.41, 5.74) is 3.14. The number of sulfonamides is 1. The molecule has 13 nitrogen and oxygen atoms in total. The standard InChI is InChI=1S/C39H48N6O7S/c1-24-9-10-27(34(38(4,5)37(47)48)31-15-18-45-26(3)42-43-35(45)25(31)2)21-28(24)22-44-23-39(16-19-51-20-17-39)52-36-32(53(44,49)50)13-11-30(41-36)12-14-33(46)40-29-7-6-8-29/h9-11,13,15,18,21,29,34H,6-8,12,14,16-17,19-20,22-23H2,1-5H3,(H,40,46)(H,47,48)/t34-/m0/s1. The summed E-state index contributed by atoms with van der Waals surface area (Å²) < 4.78 is 44.8. The van der Waals surface area contributed by atoms with Gasteiger partial charge in [-0.3, -0.25) is 14.0 Å². The van der Waals surface area contributed by atoms with Gasteiger partial charge in [-0.05, 0) is 106 Å². The molecule has 1 spiro atoms. The van der Waals surface area contributed by atoms with Crippen molar-refractivity contribution < 1.29 is 32.6 Å². The molecule has 282 valence electrons. The van der Waals surface area contributed by atoms with Gasteiger partial charge < -0.3 is 19.9 Å². The summed E-state index contributed by atoms with van der Waals surface area (Å²) in [6.07, 6.45) is 6.56. The molecular weight excluding hydrogens is 697 g/mol. The molecule has 2 N–H and O–H groups in total. The Balaban J connectivity index is 1.24. The predicted octanol–water partition coefficient (Wildman–Crippen LogP) is 5.03. The van der Waals surface area contributed by atoms with E-state index in [2.05, 4.69) is 15.5 Å². The fourth-order valence-corrected chi connectivity index (χ4v) is 9.30. The largest absolute Gasteiger partial charge is 0.481 e. The van der Waals surface area contributed by atoms with E-state index in [0.717, 1.165) is 52.9 Å². The molecule has 53 heavy (non-hydrogen) atoms. The lowest BCUT2D eigenvalue weighted by molar-refractivity contribution is -0.147. The van der Waals surface area contributed by atoms with Crippen LogP contribution in [0.3, 0.4) is 0 Å². The molecule has 2 fully saturated rings. The van der Waals surface area contributed by atoms with Crippen molar-refractivity contribution in [2.24, 2.45) is 5.41 Å². The maximum atomic E-state index is 14.6. The maximum absolute atomic E-state index is 14.6. The van der Waals surface area contributed by atoms with Gasteiger partial charge in [-0.1, -0.05) is 18.2 Å². The van der Waals surface area contributed by atoms with Crippen LogP contribution in [0.5, 0.6) is 5.88 Å². The number of carboxylic acid groups (broad SMARTS) is 1. The molecule has 1 amide bonds. The number of fused-ring (bicyclic) bond motifs is 2. The molecule has 4 aromatic rings. The van der Waals surface area contributed by atoms with E-state index in [-0.39, 0.29) is 42.2 Å². The van der Waals surface area contributed by atoms with Gasteiger partial charge in [0.05, 0.1) is 25.2 Å². The van der Waals surface area contributed by atoms with Gasteiger partial charge in [0, 0.05) is 49.7 Å². The van der Waals surface area contributed by atoms with Crippen LogP contribution < -0.4 is 10.1 Å². The minimum Gasteiger partial charge on any atom is -0.481 e. The van der Waals surface area contributed by atoms with Crippen LogP contribution in [0.2, 0.25) is 0 Å². The van der Waals surface area contributed by atoms with Crippen LogP contribution >= 0.6 is 0 Å². The van der Waals surface area contributed by atoms with Crippen LogP contribution in [0.1, 0.15) is 97.6 Å². The highest BCUT2D eigenvalue weighted by Gasteiger charge is 2.46. The highest BCUT2D eigenvalue weighted by molar-refractivity contribution is 7.89. The number of nitrogens with one attached hydrogen (secondary N) is 1. The lowest BCUT2D eigenvalue weighted by Gasteiger charge is -2.38. The minimum atomic E-state index is -4.11. The van der Waals surface area contributed by atoms with Gasteiger partial charge in [0.2, 0.25) is 21.8 Å². The highest BCUT2D eigenvalue weighted by atomic mass is 32.2. The Bertz CT molecular complexity index is 2170. The van der Waals surface area contributed by atoms with Gasteiger partial charge in [0.15, 0.2) is 5.65 Å². The predicted molar refractivity (Wildman–Crippen MR) is 196 cm³/mol. The normalized spacial score (nSPS) is 19.2. The van der Waals surface area contributed by atoms with Gasteiger partial charge in [-0.15, -0.1) is 10.2 Å². The Hall–Kier alpha value is -4.40. The molecule has 1 saturated heterocycles. The first-order chi connectivity index (χ1) is 25.2. The molecular formula is C39H48N6O7S. The number of ether oxygens (including phenoxy) is 2. The van der Waals surface area contributed by atoms with Crippen LogP contribution in [0.4, 0.5) is 0 Å². The molecule has 2 aliphatic heterocycles. The number of hydrogen-bond donors (Lipinski definition) is 2. The number of hydrogen-bond acceptors (Lipinski definition) is 9. The van der Waals surface area contributed by atoms with E-state index in [1.165, 1.54) is 4.31 Å². The van der Waals surface area contributed by atoms with E-state index < -0.39 is 32.9 Å². The van der Waals surface area contributed by atoms with Crippen molar-refractivity contribution in [3.8, 4) is 5.88 Å². The number of amides is 1. The number of aliphatic carboxylic acids is 1. The summed E-state index contributed by atoms with van der Waals surface area (Å²) in [6.45, 7) is 10.1. The third kappa shape index (κ3) is 7.04. The summed E-state index contributed by atoms with van der Waals surface area (Å²) >= 11 is 0. The summed E-state index contributed by atoms with van der Waals surface area (Å²) in [5.74, 6) is -0.812. The molecule has 1 aliphatic carbocycles. The smallest absolute Gasteiger partial charge is 0.310 e. The van der Waals surface area contributed by atoms with Crippen molar-refractivity contribution in [2.45, 2.75) is 109 Å². The van der Waals surface area contributed by atoms with E-state index in [1.54, 1.807) is 26.0 Å². The van der Waals surface area contributed by atoms with Crippen LogP contribution in [0.15, 0.2) is 47.5 Å². The Kier molecular flexibility index (Phi) is 9.83. The van der Waals surface area contributed by atoms with Gasteiger partial charge in [0.25, 0.3) is 0 Å². The molecule has 1 aromatic carbocycles. The van der Waals surface area contributed by atoms with Crippen LogP contribution in [0, 0.1) is 26.2 Å². The number of carbonyl (C=O) groups excluding carboxylic acids is 1. The zero-order chi connectivity index (χ0) is 37.7. The molecule has 7 rings (SSSR count). The van der Waals surface area contributed by atoms with Crippen molar-refractivity contribution in [1.29, 1.82) is 0 Å². The van der Waals surface area contributed by atoms with E-state index >= 15 is 0 Å². The van der Waals surface area contributed by atoms with Gasteiger partial charge in [-0.2, -0.15) is 4.31 Å². The average molecular weight is 745 g/mol. The Morgan fingerprint density at radius 2 is 1.83 bits per heavy atom. The second-order valence-corrected chi connectivity index (χ2v) is 17.4. The van der Waals surface area contributed by atoms with Gasteiger partial charge in [-0.25, -0.2) is 13.4 Å². The van der Waals surface area contributed by atoms with Crippen molar-refractivity contribution in [2.75, 3.05) is 19.8 Å². The molecule has 0 radical (unpaired) electrons. The lowest BCUT2D eigenvalue weighted by atomic mass is 9.70. The summed E-state index contributed by atoms with van der Waals surface area (Å²) in [5, 5.41) is 22.1. The van der Waals surface area contributed by atoms with E-state index in [4.69, 9.17) is 14.5 Å². The summed E-state index contributed by atoms with van der Waals surface area (Å²) in [4.78, 5) is 30.1. The number of carboxylic acids is 1. The van der Waals surface area contributed by atoms with Gasteiger partial charge >= 0.3 is 5.97 Å². The fourth-order valence-electron chi connectivity index (χ4n) is 7.76. The zero-order valence-electron chi connectivity index (χ0n) is 31.0. The zero-order valence-corrected chi connectivity index (χ0v) is 31.8. The van der Waals surface area contributed by atoms with Crippen molar-refractivity contribution in [3.05, 3.63) is 81.9 Å². The monoisotopic (exact) mass is 744 g/mol. The van der Waals surface area contributed by atoms with Gasteiger partial charge in [0.1, 0.15) is 16.3 Å². The number of rotatable bonds is 10. The summed E-state index contributed by atoms with van der Waals surface area (Å²) in [7, 11) is -4.11. The first-order valence-electron chi connectivity index (χ1n) is 18.4. The molecule has 5 heterocycles. The number of aromatic nitrogens is 4. The second kappa shape index (κ2) is 14.1. The topological polar surface area (TPSA) is 165 Å².